The molecule has 44 heavy (non-hydrogen) atoms. The van der Waals surface area contributed by atoms with Gasteiger partial charge in [-0.3, -0.25) is 9.80 Å². The molecule has 232 valence electrons. The average molecular weight is 601 g/mol. The molecule has 2 aromatic heterocycles. The van der Waals surface area contributed by atoms with Crippen LogP contribution in [0.4, 0.5) is 11.8 Å². The van der Waals surface area contributed by atoms with Crippen molar-refractivity contribution < 1.29 is 19.7 Å². The Morgan fingerprint density at radius 1 is 0.659 bits per heavy atom. The molecule has 0 atom stereocenters. The van der Waals surface area contributed by atoms with Gasteiger partial charge < -0.3 is 30.3 Å². The SMILES string of the molecule is Oc1cccc(-c2nc3nc(NCCCN4CCOCC4)nc(NCCCN4CCOCC4)c3nc2-c2cccc(O)c2)c1. The second-order valence-electron chi connectivity index (χ2n) is 11.1. The Hall–Kier alpha value is -4.10. The van der Waals surface area contributed by atoms with Crippen LogP contribution in [0, 0.1) is 0 Å². The van der Waals surface area contributed by atoms with Crippen LogP contribution in [-0.2, 0) is 9.47 Å². The molecule has 6 rings (SSSR count). The van der Waals surface area contributed by atoms with Gasteiger partial charge >= 0.3 is 0 Å². The van der Waals surface area contributed by atoms with Gasteiger partial charge in [0.1, 0.15) is 11.5 Å². The fourth-order valence-corrected chi connectivity index (χ4v) is 5.52. The van der Waals surface area contributed by atoms with Gasteiger partial charge in [0.05, 0.1) is 37.8 Å². The number of hydrogen-bond acceptors (Lipinski definition) is 12. The predicted octanol–water partition coefficient (Wildman–Crippen LogP) is 3.43. The van der Waals surface area contributed by atoms with Crippen LogP contribution in [0.2, 0.25) is 0 Å². The Kier molecular flexibility index (Phi) is 9.93. The summed E-state index contributed by atoms with van der Waals surface area (Å²) in [4.78, 5) is 24.5. The van der Waals surface area contributed by atoms with Crippen molar-refractivity contribution in [2.24, 2.45) is 0 Å². The van der Waals surface area contributed by atoms with Crippen LogP contribution in [0.25, 0.3) is 33.7 Å². The molecule has 2 aliphatic heterocycles. The number of anilines is 2. The minimum absolute atomic E-state index is 0.124. The fourth-order valence-electron chi connectivity index (χ4n) is 5.52. The molecule has 0 saturated carbocycles. The van der Waals surface area contributed by atoms with E-state index in [0.29, 0.717) is 58.5 Å². The summed E-state index contributed by atoms with van der Waals surface area (Å²) in [5.41, 5.74) is 3.48. The summed E-state index contributed by atoms with van der Waals surface area (Å²) in [5, 5.41) is 27.4. The van der Waals surface area contributed by atoms with E-state index in [1.807, 2.05) is 12.1 Å². The fraction of sp³-hybridized carbons (Fsp3) is 0.438. The lowest BCUT2D eigenvalue weighted by atomic mass is 10.0. The molecule has 0 aliphatic carbocycles. The summed E-state index contributed by atoms with van der Waals surface area (Å²) in [7, 11) is 0. The zero-order valence-corrected chi connectivity index (χ0v) is 24.9. The molecular weight excluding hydrogens is 560 g/mol. The summed E-state index contributed by atoms with van der Waals surface area (Å²) in [6, 6.07) is 13.8. The molecule has 0 amide bonds. The molecule has 4 N–H and O–H groups in total. The average Bonchev–Trinajstić information content (AvgIpc) is 3.05. The van der Waals surface area contributed by atoms with E-state index in [4.69, 9.17) is 29.4 Å². The number of fused-ring (bicyclic) bond motifs is 1. The van der Waals surface area contributed by atoms with Gasteiger partial charge in [-0.25, -0.2) is 9.97 Å². The van der Waals surface area contributed by atoms with Crippen molar-refractivity contribution in [3.8, 4) is 34.0 Å². The maximum absolute atomic E-state index is 10.3. The molecule has 2 aliphatic rings. The van der Waals surface area contributed by atoms with Crippen LogP contribution in [0.15, 0.2) is 48.5 Å². The first-order chi connectivity index (χ1) is 21.6. The van der Waals surface area contributed by atoms with Gasteiger partial charge in [0.25, 0.3) is 0 Å². The molecule has 2 saturated heterocycles. The molecule has 2 fully saturated rings. The second kappa shape index (κ2) is 14.6. The van der Waals surface area contributed by atoms with Crippen molar-refractivity contribution >= 4 is 22.9 Å². The van der Waals surface area contributed by atoms with Gasteiger partial charge in [-0.1, -0.05) is 24.3 Å². The lowest BCUT2D eigenvalue weighted by Gasteiger charge is -2.26. The molecule has 0 unspecified atom stereocenters. The van der Waals surface area contributed by atoms with E-state index in [1.165, 1.54) is 0 Å². The van der Waals surface area contributed by atoms with Crippen LogP contribution in [0.1, 0.15) is 12.8 Å². The highest BCUT2D eigenvalue weighted by molar-refractivity contribution is 5.90. The first-order valence-electron chi connectivity index (χ1n) is 15.4. The number of rotatable bonds is 12. The van der Waals surface area contributed by atoms with Crippen molar-refractivity contribution in [3.05, 3.63) is 48.5 Å². The molecule has 4 heterocycles. The summed E-state index contributed by atoms with van der Waals surface area (Å²) < 4.78 is 10.9. The topological polar surface area (TPSA) is 141 Å². The molecule has 4 aromatic rings. The van der Waals surface area contributed by atoms with Crippen LogP contribution >= 0.6 is 0 Å². The number of aromatic nitrogens is 4. The number of phenolic OH excluding ortho intramolecular Hbond substituents is 2. The Morgan fingerprint density at radius 3 is 1.77 bits per heavy atom. The number of ether oxygens (including phenoxy) is 2. The standard InChI is InChI=1S/C32H40N8O4/c41-25-7-1-5-23(21-25)27-28(24-6-2-8-26(42)22-24)36-31-29(35-27)30(33-9-3-11-39-13-17-43-18-14-39)37-32(38-31)34-10-4-12-40-15-19-44-20-16-40/h1-2,5-8,21-22,41-42H,3-4,9-20H2,(H2,33,34,36,37,38). The van der Waals surface area contributed by atoms with E-state index >= 15 is 0 Å². The van der Waals surface area contributed by atoms with Gasteiger partial charge in [0.15, 0.2) is 17.0 Å². The van der Waals surface area contributed by atoms with Gasteiger partial charge in [-0.15, -0.1) is 0 Å². The summed E-state index contributed by atoms with van der Waals surface area (Å²) in [5.74, 6) is 1.33. The Balaban J connectivity index is 1.31. The van der Waals surface area contributed by atoms with Crippen LogP contribution in [0.3, 0.4) is 0 Å². The third kappa shape index (κ3) is 7.69. The summed E-state index contributed by atoms with van der Waals surface area (Å²) >= 11 is 0. The molecule has 12 nitrogen and oxygen atoms in total. The van der Waals surface area contributed by atoms with Gasteiger partial charge in [-0.2, -0.15) is 9.97 Å². The highest BCUT2D eigenvalue weighted by Crippen LogP contribution is 2.34. The number of benzene rings is 2. The lowest BCUT2D eigenvalue weighted by Crippen LogP contribution is -2.37. The monoisotopic (exact) mass is 600 g/mol. The number of aromatic hydroxyl groups is 2. The van der Waals surface area contributed by atoms with Gasteiger partial charge in [0.2, 0.25) is 5.95 Å². The second-order valence-corrected chi connectivity index (χ2v) is 11.1. The van der Waals surface area contributed by atoms with Crippen LogP contribution in [0.5, 0.6) is 11.5 Å². The largest absolute Gasteiger partial charge is 0.508 e. The molecule has 2 aromatic carbocycles. The van der Waals surface area contributed by atoms with E-state index in [0.717, 1.165) is 78.5 Å². The molecule has 0 spiro atoms. The minimum Gasteiger partial charge on any atom is -0.508 e. The third-order valence-corrected chi connectivity index (χ3v) is 7.86. The highest BCUT2D eigenvalue weighted by atomic mass is 16.5. The number of phenols is 2. The smallest absolute Gasteiger partial charge is 0.226 e. The number of nitrogens with one attached hydrogen (secondary N) is 2. The zero-order valence-electron chi connectivity index (χ0n) is 24.9. The Morgan fingerprint density at radius 2 is 1.20 bits per heavy atom. The predicted molar refractivity (Wildman–Crippen MR) is 170 cm³/mol. The number of hydrogen-bond donors (Lipinski definition) is 4. The molecule has 0 radical (unpaired) electrons. The molecular formula is C32H40N8O4. The van der Waals surface area contributed by atoms with Crippen molar-refractivity contribution in [1.82, 2.24) is 29.7 Å². The van der Waals surface area contributed by atoms with E-state index < -0.39 is 0 Å². The summed E-state index contributed by atoms with van der Waals surface area (Å²) in [6.45, 7) is 10.3. The van der Waals surface area contributed by atoms with E-state index in [-0.39, 0.29) is 11.5 Å². The quantitative estimate of drug-likeness (QED) is 0.177. The molecule has 12 heteroatoms. The van der Waals surface area contributed by atoms with E-state index in [2.05, 4.69) is 20.4 Å². The number of nitrogens with zero attached hydrogens (tertiary/aromatic N) is 6. The van der Waals surface area contributed by atoms with Gasteiger partial charge in [0, 0.05) is 50.4 Å². The maximum Gasteiger partial charge on any atom is 0.226 e. The van der Waals surface area contributed by atoms with Crippen molar-refractivity contribution in [2.75, 3.05) is 89.4 Å². The van der Waals surface area contributed by atoms with Crippen LogP contribution in [-0.4, -0.2) is 119 Å². The van der Waals surface area contributed by atoms with Crippen molar-refractivity contribution in [2.45, 2.75) is 12.8 Å². The lowest BCUT2D eigenvalue weighted by molar-refractivity contribution is 0.0378. The van der Waals surface area contributed by atoms with Gasteiger partial charge in [-0.05, 0) is 50.2 Å². The maximum atomic E-state index is 10.3. The minimum atomic E-state index is 0.124. The van der Waals surface area contributed by atoms with Crippen molar-refractivity contribution in [1.29, 1.82) is 0 Å². The number of morpholine rings is 2. The zero-order chi connectivity index (χ0) is 30.1. The first-order valence-corrected chi connectivity index (χ1v) is 15.4. The Labute approximate surface area is 257 Å². The summed E-state index contributed by atoms with van der Waals surface area (Å²) in [6.07, 6.45) is 1.88. The normalized spacial score (nSPS) is 16.3. The van der Waals surface area contributed by atoms with Crippen LogP contribution < -0.4 is 10.6 Å². The van der Waals surface area contributed by atoms with E-state index in [9.17, 15) is 10.2 Å². The first kappa shape index (κ1) is 29.9. The molecule has 0 bridgehead atoms. The van der Waals surface area contributed by atoms with E-state index in [1.54, 1.807) is 36.4 Å². The Bertz CT molecular complexity index is 1540. The van der Waals surface area contributed by atoms with Crippen molar-refractivity contribution in [3.63, 3.8) is 0 Å². The third-order valence-electron chi connectivity index (χ3n) is 7.86. The highest BCUT2D eigenvalue weighted by Gasteiger charge is 2.19.